The molecule has 1 atom stereocenters. The van der Waals surface area contributed by atoms with Crippen LogP contribution in [0.15, 0.2) is 53.4 Å². The van der Waals surface area contributed by atoms with Crippen molar-refractivity contribution in [1.82, 2.24) is 5.32 Å². The van der Waals surface area contributed by atoms with Crippen LogP contribution in [0.25, 0.3) is 0 Å². The minimum atomic E-state index is -3.45. The zero-order chi connectivity index (χ0) is 19.3. The third-order valence-corrected chi connectivity index (χ3v) is 4.93. The first kappa shape index (κ1) is 19.7. The van der Waals surface area contributed by atoms with Gasteiger partial charge in [0.2, 0.25) is 0 Å². The van der Waals surface area contributed by atoms with E-state index in [1.807, 2.05) is 30.3 Å². The van der Waals surface area contributed by atoms with Crippen molar-refractivity contribution in [2.75, 3.05) is 6.26 Å². The molecule has 1 amide bonds. The Kier molecular flexibility index (Phi) is 6.15. The van der Waals surface area contributed by atoms with Gasteiger partial charge in [0.15, 0.2) is 15.9 Å². The van der Waals surface area contributed by atoms with E-state index in [2.05, 4.69) is 5.32 Å². The van der Waals surface area contributed by atoms with Crippen LogP contribution in [-0.4, -0.2) is 32.7 Å². The average Bonchev–Trinajstić information content (AvgIpc) is 2.59. The highest BCUT2D eigenvalue weighted by atomic mass is 32.2. The molecule has 0 spiro atoms. The molecular weight excluding hydrogens is 354 g/mol. The van der Waals surface area contributed by atoms with Gasteiger partial charge in [-0.3, -0.25) is 4.79 Å². The van der Waals surface area contributed by atoms with Crippen molar-refractivity contribution in [3.8, 4) is 0 Å². The van der Waals surface area contributed by atoms with Gasteiger partial charge >= 0.3 is 5.97 Å². The van der Waals surface area contributed by atoms with Gasteiger partial charge in [-0.05, 0) is 37.1 Å². The molecule has 0 heterocycles. The summed E-state index contributed by atoms with van der Waals surface area (Å²) in [6, 6.07) is 13.6. The number of carbonyl (C=O) groups is 2. The monoisotopic (exact) mass is 375 g/mol. The number of nitrogens with one attached hydrogen (secondary N) is 1. The number of amides is 1. The first-order valence-corrected chi connectivity index (χ1v) is 9.91. The summed E-state index contributed by atoms with van der Waals surface area (Å²) < 4.78 is 28.5. The fourth-order valence-corrected chi connectivity index (χ4v) is 2.91. The molecule has 2 rings (SSSR count). The molecule has 0 fully saturated rings. The number of rotatable bonds is 6. The Morgan fingerprint density at radius 2 is 1.77 bits per heavy atom. The molecule has 0 unspecified atom stereocenters. The van der Waals surface area contributed by atoms with E-state index in [9.17, 15) is 18.0 Å². The lowest BCUT2D eigenvalue weighted by atomic mass is 10.1. The summed E-state index contributed by atoms with van der Waals surface area (Å²) in [5, 5.41) is 2.69. The largest absolute Gasteiger partial charge is 0.449 e. The van der Waals surface area contributed by atoms with E-state index in [1.54, 1.807) is 6.92 Å². The molecule has 2 aromatic rings. The molecule has 0 saturated carbocycles. The lowest BCUT2D eigenvalue weighted by molar-refractivity contribution is -0.129. The molecular formula is C19H21NO5S. The summed E-state index contributed by atoms with van der Waals surface area (Å²) >= 11 is 0. The van der Waals surface area contributed by atoms with E-state index in [-0.39, 0.29) is 10.5 Å². The van der Waals surface area contributed by atoms with Crippen LogP contribution in [0.2, 0.25) is 0 Å². The number of benzene rings is 2. The van der Waals surface area contributed by atoms with Gasteiger partial charge in [-0.15, -0.1) is 0 Å². The minimum Gasteiger partial charge on any atom is -0.449 e. The quantitative estimate of drug-likeness (QED) is 0.782. The van der Waals surface area contributed by atoms with Crippen LogP contribution in [0.5, 0.6) is 0 Å². The predicted molar refractivity (Wildman–Crippen MR) is 97.5 cm³/mol. The second-order valence-corrected chi connectivity index (χ2v) is 8.02. The van der Waals surface area contributed by atoms with Crippen molar-refractivity contribution < 1.29 is 22.7 Å². The van der Waals surface area contributed by atoms with Crippen molar-refractivity contribution >= 4 is 21.7 Å². The number of hydrogen-bond donors (Lipinski definition) is 1. The van der Waals surface area contributed by atoms with Gasteiger partial charge in [0.05, 0.1) is 10.5 Å². The lowest BCUT2D eigenvalue weighted by Crippen LogP contribution is -2.35. The summed E-state index contributed by atoms with van der Waals surface area (Å²) in [6.07, 6.45) is 0.0550. The van der Waals surface area contributed by atoms with E-state index in [0.29, 0.717) is 12.1 Å². The highest BCUT2D eigenvalue weighted by molar-refractivity contribution is 7.90. The first-order valence-electron chi connectivity index (χ1n) is 8.02. The predicted octanol–water partition coefficient (Wildman–Crippen LogP) is 2.26. The van der Waals surface area contributed by atoms with Gasteiger partial charge in [0.25, 0.3) is 5.91 Å². The number of ether oxygens (including phenoxy) is 1. The number of sulfone groups is 1. The summed E-state index contributed by atoms with van der Waals surface area (Å²) in [4.78, 5) is 24.5. The van der Waals surface area contributed by atoms with Gasteiger partial charge in [-0.2, -0.15) is 0 Å². The second-order valence-electron chi connectivity index (χ2n) is 6.00. The van der Waals surface area contributed by atoms with E-state index >= 15 is 0 Å². The molecule has 0 radical (unpaired) electrons. The Bertz CT molecular complexity index is 907. The van der Waals surface area contributed by atoms with E-state index in [0.717, 1.165) is 11.8 Å². The number of hydrogen-bond acceptors (Lipinski definition) is 5. The fraction of sp³-hybridized carbons (Fsp3) is 0.263. The van der Waals surface area contributed by atoms with E-state index in [4.69, 9.17) is 4.74 Å². The normalized spacial score (nSPS) is 12.3. The van der Waals surface area contributed by atoms with Gasteiger partial charge in [-0.25, -0.2) is 13.2 Å². The summed E-state index contributed by atoms with van der Waals surface area (Å²) in [5.74, 6) is -1.17. The van der Waals surface area contributed by atoms with Crippen LogP contribution in [0, 0.1) is 6.92 Å². The Morgan fingerprint density at radius 3 is 2.38 bits per heavy atom. The van der Waals surface area contributed by atoms with Gasteiger partial charge in [0, 0.05) is 12.8 Å². The topological polar surface area (TPSA) is 89.5 Å². The molecule has 6 nitrogen and oxygen atoms in total. The van der Waals surface area contributed by atoms with Crippen molar-refractivity contribution in [3.63, 3.8) is 0 Å². The van der Waals surface area contributed by atoms with Crippen molar-refractivity contribution in [1.29, 1.82) is 0 Å². The van der Waals surface area contributed by atoms with Gasteiger partial charge in [-0.1, -0.05) is 36.4 Å². The fourth-order valence-electron chi connectivity index (χ4n) is 2.26. The van der Waals surface area contributed by atoms with Crippen molar-refractivity contribution in [2.24, 2.45) is 0 Å². The van der Waals surface area contributed by atoms with E-state index < -0.39 is 27.8 Å². The zero-order valence-electron chi connectivity index (χ0n) is 14.9. The summed E-state index contributed by atoms with van der Waals surface area (Å²) in [5.41, 5.74) is 1.62. The Labute approximate surface area is 153 Å². The molecule has 26 heavy (non-hydrogen) atoms. The lowest BCUT2D eigenvalue weighted by Gasteiger charge is -2.15. The molecule has 0 bridgehead atoms. The third-order valence-electron chi connectivity index (χ3n) is 3.82. The molecule has 0 aromatic heterocycles. The number of carbonyl (C=O) groups excluding carboxylic acids is 2. The average molecular weight is 375 g/mol. The Balaban J connectivity index is 2.03. The van der Waals surface area contributed by atoms with Crippen molar-refractivity contribution in [2.45, 2.75) is 31.4 Å². The highest BCUT2D eigenvalue weighted by Crippen LogP contribution is 2.17. The maximum absolute atomic E-state index is 12.3. The molecule has 0 aliphatic heterocycles. The van der Waals surface area contributed by atoms with E-state index in [1.165, 1.54) is 25.1 Å². The number of aryl methyl sites for hydroxylation is 1. The summed E-state index contributed by atoms with van der Waals surface area (Å²) in [7, 11) is -3.45. The van der Waals surface area contributed by atoms with Crippen LogP contribution in [0.1, 0.15) is 28.4 Å². The van der Waals surface area contributed by atoms with Gasteiger partial charge in [0.1, 0.15) is 0 Å². The highest BCUT2D eigenvalue weighted by Gasteiger charge is 2.21. The molecule has 0 aliphatic carbocycles. The minimum absolute atomic E-state index is 0.0243. The molecule has 138 valence electrons. The zero-order valence-corrected chi connectivity index (χ0v) is 15.7. The molecule has 1 N–H and O–H groups in total. The molecule has 2 aromatic carbocycles. The maximum Gasteiger partial charge on any atom is 0.339 e. The summed E-state index contributed by atoms with van der Waals surface area (Å²) in [6.45, 7) is 3.46. The maximum atomic E-state index is 12.3. The first-order chi connectivity index (χ1) is 12.2. The molecule has 7 heteroatoms. The van der Waals surface area contributed by atoms with Crippen LogP contribution in [0.3, 0.4) is 0 Å². The Morgan fingerprint density at radius 1 is 1.12 bits per heavy atom. The Hall–Kier alpha value is -2.67. The van der Waals surface area contributed by atoms with Crippen LogP contribution < -0.4 is 5.32 Å². The smallest absolute Gasteiger partial charge is 0.339 e. The van der Waals surface area contributed by atoms with Crippen LogP contribution in [0.4, 0.5) is 0 Å². The molecule has 0 saturated heterocycles. The van der Waals surface area contributed by atoms with Crippen LogP contribution in [-0.2, 0) is 25.9 Å². The SMILES string of the molecule is Cc1ccc(S(C)(=O)=O)cc1C(=O)O[C@H](C)C(=O)NCc1ccccc1. The number of esters is 1. The second kappa shape index (κ2) is 8.14. The van der Waals surface area contributed by atoms with Gasteiger partial charge < -0.3 is 10.1 Å². The standard InChI is InChI=1S/C19H21NO5S/c1-13-9-10-16(26(3,23)24)11-17(13)19(22)25-14(2)18(21)20-12-15-7-5-4-6-8-15/h4-11,14H,12H2,1-3H3,(H,20,21)/t14-/m1/s1. The molecule has 0 aliphatic rings. The van der Waals surface area contributed by atoms with Crippen LogP contribution >= 0.6 is 0 Å². The third kappa shape index (κ3) is 5.16. The van der Waals surface area contributed by atoms with Crippen molar-refractivity contribution in [3.05, 3.63) is 65.2 Å².